The number of hydrogen-bond acceptors (Lipinski definition) is 3. The van der Waals surface area contributed by atoms with Crippen LogP contribution in [0.25, 0.3) is 0 Å². The monoisotopic (exact) mass is 332 g/mol. The number of carbonyl (C=O) groups is 1. The van der Waals surface area contributed by atoms with Gasteiger partial charge in [-0.05, 0) is 36.7 Å². The van der Waals surface area contributed by atoms with Crippen LogP contribution < -0.4 is 15.4 Å². The van der Waals surface area contributed by atoms with E-state index in [1.807, 2.05) is 48.5 Å². The summed E-state index contributed by atoms with van der Waals surface area (Å²) in [6.45, 7) is 1.49. The van der Waals surface area contributed by atoms with Gasteiger partial charge in [0.2, 0.25) is 5.91 Å². The van der Waals surface area contributed by atoms with Gasteiger partial charge in [-0.25, -0.2) is 0 Å². The molecule has 0 aliphatic heterocycles. The highest BCUT2D eigenvalue weighted by Gasteiger charge is 2.04. The quantitative estimate of drug-likeness (QED) is 0.731. The number of benzene rings is 2. The first kappa shape index (κ1) is 17.3. The number of methoxy groups -OCH3 is 1. The van der Waals surface area contributed by atoms with Crippen LogP contribution in [-0.2, 0) is 17.8 Å². The van der Waals surface area contributed by atoms with Crippen LogP contribution in [-0.4, -0.2) is 26.1 Å². The van der Waals surface area contributed by atoms with Crippen molar-refractivity contribution in [1.29, 1.82) is 0 Å². The molecule has 0 fully saturated rings. The van der Waals surface area contributed by atoms with E-state index in [1.54, 1.807) is 7.11 Å². The molecular formula is C18H21ClN2O2. The van der Waals surface area contributed by atoms with Crippen LogP contribution >= 0.6 is 11.6 Å². The molecule has 2 aromatic rings. The lowest BCUT2D eigenvalue weighted by atomic mass is 10.1. The third-order valence-corrected chi connectivity index (χ3v) is 3.71. The van der Waals surface area contributed by atoms with Gasteiger partial charge in [-0.15, -0.1) is 0 Å². The van der Waals surface area contributed by atoms with Crippen molar-refractivity contribution in [3.63, 3.8) is 0 Å². The van der Waals surface area contributed by atoms with E-state index >= 15 is 0 Å². The molecule has 4 nitrogen and oxygen atoms in total. The van der Waals surface area contributed by atoms with E-state index in [2.05, 4.69) is 10.6 Å². The fourth-order valence-corrected chi connectivity index (χ4v) is 2.32. The van der Waals surface area contributed by atoms with Gasteiger partial charge in [-0.2, -0.15) is 0 Å². The second-order valence-corrected chi connectivity index (χ2v) is 5.58. The van der Waals surface area contributed by atoms with Crippen molar-refractivity contribution in [3.05, 3.63) is 64.7 Å². The minimum absolute atomic E-state index is 0.0352. The Hall–Kier alpha value is -2.04. The predicted molar refractivity (Wildman–Crippen MR) is 92.9 cm³/mol. The average molecular weight is 333 g/mol. The summed E-state index contributed by atoms with van der Waals surface area (Å²) in [6, 6.07) is 15.4. The Balaban J connectivity index is 1.66. The van der Waals surface area contributed by atoms with Gasteiger partial charge in [0.15, 0.2) is 0 Å². The molecule has 0 aromatic heterocycles. The van der Waals surface area contributed by atoms with Crippen LogP contribution in [0.15, 0.2) is 48.5 Å². The van der Waals surface area contributed by atoms with Gasteiger partial charge in [0.25, 0.3) is 0 Å². The maximum absolute atomic E-state index is 11.8. The highest BCUT2D eigenvalue weighted by molar-refractivity contribution is 6.30. The lowest BCUT2D eigenvalue weighted by Gasteiger charge is -2.10. The molecule has 23 heavy (non-hydrogen) atoms. The first-order valence-electron chi connectivity index (χ1n) is 7.53. The molecule has 1 amide bonds. The number of hydrogen-bond donors (Lipinski definition) is 2. The van der Waals surface area contributed by atoms with Crippen molar-refractivity contribution in [2.45, 2.75) is 13.0 Å². The number of carbonyl (C=O) groups excluding carboxylic acids is 1. The Morgan fingerprint density at radius 1 is 1.13 bits per heavy atom. The molecule has 2 aromatic carbocycles. The molecular weight excluding hydrogens is 312 g/mol. The second-order valence-electron chi connectivity index (χ2n) is 5.14. The zero-order chi connectivity index (χ0) is 16.5. The van der Waals surface area contributed by atoms with Gasteiger partial charge in [0.1, 0.15) is 5.75 Å². The van der Waals surface area contributed by atoms with Crippen molar-refractivity contribution in [2.24, 2.45) is 0 Å². The highest BCUT2D eigenvalue weighted by Crippen LogP contribution is 2.16. The summed E-state index contributed by atoms with van der Waals surface area (Å²) >= 11 is 5.84. The number of para-hydroxylation sites is 1. The smallest absolute Gasteiger partial charge is 0.234 e. The van der Waals surface area contributed by atoms with Gasteiger partial charge < -0.3 is 15.4 Å². The van der Waals surface area contributed by atoms with Crippen molar-refractivity contribution in [2.75, 3.05) is 20.2 Å². The van der Waals surface area contributed by atoms with Crippen molar-refractivity contribution >= 4 is 17.5 Å². The highest BCUT2D eigenvalue weighted by atomic mass is 35.5. The van der Waals surface area contributed by atoms with Gasteiger partial charge in [0, 0.05) is 17.1 Å². The van der Waals surface area contributed by atoms with Crippen LogP contribution in [0.4, 0.5) is 0 Å². The van der Waals surface area contributed by atoms with Crippen LogP contribution in [0.2, 0.25) is 5.02 Å². The van der Waals surface area contributed by atoms with Crippen LogP contribution in [0.5, 0.6) is 5.75 Å². The topological polar surface area (TPSA) is 50.4 Å². The molecule has 0 aliphatic rings. The van der Waals surface area contributed by atoms with Crippen LogP contribution in [0, 0.1) is 0 Å². The van der Waals surface area contributed by atoms with E-state index in [4.69, 9.17) is 16.3 Å². The fourth-order valence-electron chi connectivity index (χ4n) is 2.19. The predicted octanol–water partition coefficient (Wildman–Crippen LogP) is 2.80. The summed E-state index contributed by atoms with van der Waals surface area (Å²) in [4.78, 5) is 11.8. The minimum atomic E-state index is -0.0352. The van der Waals surface area contributed by atoms with Crippen LogP contribution in [0.1, 0.15) is 11.1 Å². The number of rotatable bonds is 8. The largest absolute Gasteiger partial charge is 0.496 e. The molecule has 0 radical (unpaired) electrons. The van der Waals surface area contributed by atoms with E-state index in [1.165, 1.54) is 5.56 Å². The molecule has 5 heteroatoms. The Kier molecular flexibility index (Phi) is 6.91. The Labute approximate surface area is 141 Å². The Morgan fingerprint density at radius 2 is 1.87 bits per heavy atom. The maximum atomic E-state index is 11.8. The molecule has 0 saturated carbocycles. The van der Waals surface area contributed by atoms with Gasteiger partial charge in [-0.1, -0.05) is 41.9 Å². The summed E-state index contributed by atoms with van der Waals surface area (Å²) in [5.74, 6) is 0.746. The summed E-state index contributed by atoms with van der Waals surface area (Å²) in [7, 11) is 1.62. The minimum Gasteiger partial charge on any atom is -0.496 e. The Morgan fingerprint density at radius 3 is 2.61 bits per heavy atom. The zero-order valence-corrected chi connectivity index (χ0v) is 13.9. The molecule has 0 unspecified atom stereocenters. The summed E-state index contributed by atoms with van der Waals surface area (Å²) in [6.07, 6.45) is 0.858. The zero-order valence-electron chi connectivity index (χ0n) is 13.1. The third-order valence-electron chi connectivity index (χ3n) is 3.46. The molecule has 122 valence electrons. The lowest BCUT2D eigenvalue weighted by Crippen LogP contribution is -2.34. The second kappa shape index (κ2) is 9.18. The number of amides is 1. The molecule has 0 saturated heterocycles. The molecule has 2 N–H and O–H groups in total. The van der Waals surface area contributed by atoms with E-state index in [-0.39, 0.29) is 5.91 Å². The van der Waals surface area contributed by atoms with E-state index in [0.717, 1.165) is 29.3 Å². The van der Waals surface area contributed by atoms with E-state index in [0.29, 0.717) is 13.1 Å². The van der Waals surface area contributed by atoms with Crippen LogP contribution in [0.3, 0.4) is 0 Å². The molecule has 0 atom stereocenters. The molecule has 0 spiro atoms. The summed E-state index contributed by atoms with van der Waals surface area (Å²) < 4.78 is 5.26. The Bertz CT molecular complexity index is 629. The van der Waals surface area contributed by atoms with Gasteiger partial charge in [-0.3, -0.25) is 4.79 Å². The lowest BCUT2D eigenvalue weighted by molar-refractivity contribution is -0.120. The molecule has 2 rings (SSSR count). The normalized spacial score (nSPS) is 10.3. The SMILES string of the molecule is COc1ccccc1CNC(=O)CNCCc1ccc(Cl)cc1. The maximum Gasteiger partial charge on any atom is 0.234 e. The average Bonchev–Trinajstić information content (AvgIpc) is 2.58. The van der Waals surface area contributed by atoms with Crippen molar-refractivity contribution < 1.29 is 9.53 Å². The standard InChI is InChI=1S/C18H21ClN2O2/c1-23-17-5-3-2-4-15(17)12-21-18(22)13-20-11-10-14-6-8-16(19)9-7-14/h2-9,20H,10-13H2,1H3,(H,21,22). The number of nitrogens with one attached hydrogen (secondary N) is 2. The van der Waals surface area contributed by atoms with E-state index in [9.17, 15) is 4.79 Å². The van der Waals surface area contributed by atoms with Crippen molar-refractivity contribution in [1.82, 2.24) is 10.6 Å². The van der Waals surface area contributed by atoms with Gasteiger partial charge >= 0.3 is 0 Å². The van der Waals surface area contributed by atoms with Gasteiger partial charge in [0.05, 0.1) is 13.7 Å². The number of ether oxygens (including phenoxy) is 1. The van der Waals surface area contributed by atoms with E-state index < -0.39 is 0 Å². The van der Waals surface area contributed by atoms with Crippen molar-refractivity contribution in [3.8, 4) is 5.75 Å². The summed E-state index contributed by atoms with van der Waals surface area (Å²) in [5, 5.41) is 6.75. The molecule has 0 aliphatic carbocycles. The first-order chi connectivity index (χ1) is 11.2. The first-order valence-corrected chi connectivity index (χ1v) is 7.90. The molecule has 0 heterocycles. The summed E-state index contributed by atoms with van der Waals surface area (Å²) in [5.41, 5.74) is 2.15. The third kappa shape index (κ3) is 5.93. The number of halogens is 1. The molecule has 0 bridgehead atoms. The fraction of sp³-hybridized carbons (Fsp3) is 0.278.